The van der Waals surface area contributed by atoms with Gasteiger partial charge < -0.3 is 5.11 Å². The summed E-state index contributed by atoms with van der Waals surface area (Å²) in [5.41, 5.74) is 0.573. The van der Waals surface area contributed by atoms with Crippen molar-refractivity contribution in [1.29, 1.82) is 0 Å². The number of hydrogen-bond acceptors (Lipinski definition) is 3. The summed E-state index contributed by atoms with van der Waals surface area (Å²) >= 11 is 11.4. The summed E-state index contributed by atoms with van der Waals surface area (Å²) in [6.07, 6.45) is 0. The van der Waals surface area contributed by atoms with Gasteiger partial charge in [-0.3, -0.25) is 10.2 Å². The molecule has 0 fully saturated rings. The Kier molecular flexibility index (Phi) is 2.94. The molecule has 2 aromatic rings. The molecular formula is C8H5Br2N3OS. The third-order valence-corrected chi connectivity index (χ3v) is 3.04. The standard InChI is InChI=1S/C8H5Br2N3OS/c9-3-1-4(6(14)5(10)2-3)7-11-8(15)13-12-7/h1-2,14H,(H2,11,12,13,15). The Balaban J connectivity index is 2.67. The summed E-state index contributed by atoms with van der Waals surface area (Å²) in [6.45, 7) is 0. The zero-order valence-corrected chi connectivity index (χ0v) is 11.2. The number of nitrogens with one attached hydrogen (secondary N) is 2. The van der Waals surface area contributed by atoms with Crippen LogP contribution in [0.4, 0.5) is 0 Å². The van der Waals surface area contributed by atoms with Crippen LogP contribution in [0.5, 0.6) is 5.75 Å². The molecule has 1 heterocycles. The van der Waals surface area contributed by atoms with E-state index in [0.29, 0.717) is 20.6 Å². The number of aromatic hydroxyl groups is 1. The van der Waals surface area contributed by atoms with Crippen molar-refractivity contribution in [2.24, 2.45) is 0 Å². The SMILES string of the molecule is Oc1c(Br)cc(Br)cc1-c1nc(=S)[nH][nH]1. The number of phenolic OH excluding ortho intramolecular Hbond substituents is 1. The zero-order chi connectivity index (χ0) is 11.0. The number of aromatic amines is 2. The molecule has 7 heteroatoms. The van der Waals surface area contributed by atoms with Crippen molar-refractivity contribution in [2.45, 2.75) is 0 Å². The van der Waals surface area contributed by atoms with Crippen LogP contribution < -0.4 is 0 Å². The van der Waals surface area contributed by atoms with Gasteiger partial charge in [0.15, 0.2) is 5.82 Å². The van der Waals surface area contributed by atoms with Crippen molar-refractivity contribution >= 4 is 44.1 Å². The van der Waals surface area contributed by atoms with Crippen molar-refractivity contribution in [3.8, 4) is 17.1 Å². The van der Waals surface area contributed by atoms with Crippen molar-refractivity contribution in [1.82, 2.24) is 15.2 Å². The van der Waals surface area contributed by atoms with E-state index in [1.807, 2.05) is 0 Å². The van der Waals surface area contributed by atoms with Gasteiger partial charge in [0.1, 0.15) is 5.75 Å². The second-order valence-corrected chi connectivity index (χ2v) is 4.96. The van der Waals surface area contributed by atoms with Gasteiger partial charge >= 0.3 is 0 Å². The van der Waals surface area contributed by atoms with Gasteiger partial charge in [0.25, 0.3) is 0 Å². The van der Waals surface area contributed by atoms with E-state index in [9.17, 15) is 5.11 Å². The molecule has 0 atom stereocenters. The Morgan fingerprint density at radius 2 is 2.00 bits per heavy atom. The van der Waals surface area contributed by atoms with E-state index in [-0.39, 0.29) is 5.75 Å². The average molecular weight is 351 g/mol. The maximum atomic E-state index is 9.81. The first kappa shape index (κ1) is 10.8. The number of aromatic nitrogens is 3. The van der Waals surface area contributed by atoms with Crippen molar-refractivity contribution < 1.29 is 5.11 Å². The molecule has 4 nitrogen and oxygen atoms in total. The van der Waals surface area contributed by atoms with Crippen molar-refractivity contribution in [2.75, 3.05) is 0 Å². The maximum absolute atomic E-state index is 9.81. The van der Waals surface area contributed by atoms with Gasteiger partial charge in [-0.05, 0) is 40.3 Å². The molecule has 0 radical (unpaired) electrons. The largest absolute Gasteiger partial charge is 0.506 e. The molecule has 1 aromatic carbocycles. The van der Waals surface area contributed by atoms with E-state index in [2.05, 4.69) is 47.0 Å². The van der Waals surface area contributed by atoms with Crippen LogP contribution in [0.1, 0.15) is 0 Å². The minimum Gasteiger partial charge on any atom is -0.506 e. The number of nitrogens with zero attached hydrogens (tertiary/aromatic N) is 1. The Hall–Kier alpha value is -0.660. The van der Waals surface area contributed by atoms with E-state index in [4.69, 9.17) is 12.2 Å². The van der Waals surface area contributed by atoms with E-state index >= 15 is 0 Å². The second-order valence-electron chi connectivity index (χ2n) is 2.80. The predicted molar refractivity (Wildman–Crippen MR) is 66.3 cm³/mol. The van der Waals surface area contributed by atoms with E-state index in [0.717, 1.165) is 4.47 Å². The van der Waals surface area contributed by atoms with Gasteiger partial charge in [0, 0.05) is 4.47 Å². The maximum Gasteiger partial charge on any atom is 0.213 e. The lowest BCUT2D eigenvalue weighted by Crippen LogP contribution is -1.83. The molecule has 78 valence electrons. The third-order valence-electron chi connectivity index (χ3n) is 1.78. The van der Waals surface area contributed by atoms with Crippen LogP contribution in [0.3, 0.4) is 0 Å². The first-order valence-electron chi connectivity index (χ1n) is 3.91. The summed E-state index contributed by atoms with van der Waals surface area (Å²) < 4.78 is 1.78. The first-order chi connectivity index (χ1) is 7.08. The number of rotatable bonds is 1. The molecule has 0 saturated heterocycles. The summed E-state index contributed by atoms with van der Waals surface area (Å²) in [5, 5.41) is 15.3. The minimum absolute atomic E-state index is 0.121. The quantitative estimate of drug-likeness (QED) is 0.691. The van der Waals surface area contributed by atoms with Crippen LogP contribution >= 0.6 is 44.1 Å². The van der Waals surface area contributed by atoms with Crippen LogP contribution in [0.25, 0.3) is 11.4 Å². The van der Waals surface area contributed by atoms with Gasteiger partial charge in [-0.2, -0.15) is 4.98 Å². The van der Waals surface area contributed by atoms with Gasteiger partial charge in [0.2, 0.25) is 4.77 Å². The van der Waals surface area contributed by atoms with Crippen molar-refractivity contribution in [3.63, 3.8) is 0 Å². The van der Waals surface area contributed by atoms with E-state index in [1.54, 1.807) is 12.1 Å². The lowest BCUT2D eigenvalue weighted by Gasteiger charge is -2.03. The fourth-order valence-electron chi connectivity index (χ4n) is 1.14. The molecule has 3 N–H and O–H groups in total. The molecule has 1 aromatic heterocycles. The number of hydrogen-bond donors (Lipinski definition) is 3. The number of benzene rings is 1. The predicted octanol–water partition coefficient (Wildman–Crippen LogP) is 3.36. The topological polar surface area (TPSA) is 64.7 Å². The van der Waals surface area contributed by atoms with Crippen LogP contribution in [0.2, 0.25) is 0 Å². The fourth-order valence-corrected chi connectivity index (χ4v) is 2.51. The zero-order valence-electron chi connectivity index (χ0n) is 7.21. The van der Waals surface area contributed by atoms with E-state index in [1.165, 1.54) is 0 Å². The Labute approximate surface area is 107 Å². The molecule has 2 rings (SSSR count). The summed E-state index contributed by atoms with van der Waals surface area (Å²) in [7, 11) is 0. The molecule has 0 unspecified atom stereocenters. The summed E-state index contributed by atoms with van der Waals surface area (Å²) in [4.78, 5) is 4.03. The molecule has 15 heavy (non-hydrogen) atoms. The molecule has 0 bridgehead atoms. The van der Waals surface area contributed by atoms with Crippen LogP contribution in [0, 0.1) is 4.77 Å². The summed E-state index contributed by atoms with van der Waals surface area (Å²) in [5.74, 6) is 0.621. The highest BCUT2D eigenvalue weighted by Gasteiger charge is 2.11. The highest BCUT2D eigenvalue weighted by molar-refractivity contribution is 9.11. The lowest BCUT2D eigenvalue weighted by atomic mass is 10.2. The number of H-pyrrole nitrogens is 2. The smallest absolute Gasteiger partial charge is 0.213 e. The molecule has 0 saturated carbocycles. The van der Waals surface area contributed by atoms with Crippen LogP contribution in [-0.2, 0) is 0 Å². The monoisotopic (exact) mass is 349 g/mol. The van der Waals surface area contributed by atoms with Crippen LogP contribution in [0.15, 0.2) is 21.1 Å². The van der Waals surface area contributed by atoms with Crippen LogP contribution in [-0.4, -0.2) is 20.3 Å². The molecule has 0 aliphatic rings. The van der Waals surface area contributed by atoms with Crippen molar-refractivity contribution in [3.05, 3.63) is 25.8 Å². The molecule has 0 aliphatic heterocycles. The first-order valence-corrected chi connectivity index (χ1v) is 5.90. The Morgan fingerprint density at radius 1 is 1.27 bits per heavy atom. The van der Waals surface area contributed by atoms with Gasteiger partial charge in [0.05, 0.1) is 10.0 Å². The highest BCUT2D eigenvalue weighted by atomic mass is 79.9. The molecule has 0 amide bonds. The molecule has 0 aliphatic carbocycles. The third kappa shape index (κ3) is 2.14. The van der Waals surface area contributed by atoms with E-state index < -0.39 is 0 Å². The van der Waals surface area contributed by atoms with Gasteiger partial charge in [-0.1, -0.05) is 15.9 Å². The highest BCUT2D eigenvalue weighted by Crippen LogP contribution is 2.36. The van der Waals surface area contributed by atoms with Gasteiger partial charge in [-0.15, -0.1) is 0 Å². The fraction of sp³-hybridized carbons (Fsp3) is 0. The second kappa shape index (κ2) is 4.07. The minimum atomic E-state index is 0.121. The Morgan fingerprint density at radius 3 is 2.60 bits per heavy atom. The van der Waals surface area contributed by atoms with Gasteiger partial charge in [-0.25, -0.2) is 0 Å². The Bertz CT molecular complexity index is 563. The lowest BCUT2D eigenvalue weighted by molar-refractivity contribution is 0.473. The number of phenols is 1. The summed E-state index contributed by atoms with van der Waals surface area (Å²) in [6, 6.07) is 3.50. The number of halogens is 2. The molecule has 0 spiro atoms. The normalized spacial score (nSPS) is 10.5. The average Bonchev–Trinajstić information content (AvgIpc) is 2.58. The molecular weight excluding hydrogens is 346 g/mol.